The number of pyridine rings is 1. The number of anilines is 1. The molecule has 0 saturated carbocycles. The van der Waals surface area contributed by atoms with Crippen molar-refractivity contribution in [2.24, 2.45) is 0 Å². The molecule has 5 nitrogen and oxygen atoms in total. The molecular weight excluding hydrogens is 370 g/mol. The van der Waals surface area contributed by atoms with Gasteiger partial charge >= 0.3 is 0 Å². The number of para-hydroxylation sites is 1. The summed E-state index contributed by atoms with van der Waals surface area (Å²) in [5.41, 5.74) is 2.89. The fourth-order valence-electron chi connectivity index (χ4n) is 3.89. The van der Waals surface area contributed by atoms with Gasteiger partial charge in [0.2, 0.25) is 5.91 Å². The molecule has 1 aromatic carbocycles. The van der Waals surface area contributed by atoms with Gasteiger partial charge in [-0.1, -0.05) is 30.0 Å². The Labute approximate surface area is 170 Å². The van der Waals surface area contributed by atoms with Crippen LogP contribution in [0.4, 0.5) is 5.69 Å². The minimum Gasteiger partial charge on any atom is -0.339 e. The quantitative estimate of drug-likeness (QED) is 0.740. The van der Waals surface area contributed by atoms with E-state index in [9.17, 15) is 9.59 Å². The first-order valence-corrected chi connectivity index (χ1v) is 10.8. The standard InChI is InChI=1S/C22H25N3O2S/c1-16(21(26)25-14-6-8-17-7-2-3-9-19(17)25)28-20-11-10-18(15-23-20)22(27)24-12-4-5-13-24/h2-3,7,9-11,15-16H,4-6,8,12-14H2,1H3. The number of hydrogen-bond acceptors (Lipinski definition) is 4. The van der Waals surface area contributed by atoms with E-state index >= 15 is 0 Å². The average molecular weight is 396 g/mol. The minimum atomic E-state index is -0.237. The van der Waals surface area contributed by atoms with Gasteiger partial charge < -0.3 is 9.80 Å². The number of carbonyl (C=O) groups is 2. The zero-order chi connectivity index (χ0) is 19.5. The van der Waals surface area contributed by atoms with E-state index in [1.165, 1.54) is 17.3 Å². The van der Waals surface area contributed by atoms with Gasteiger partial charge in [-0.3, -0.25) is 9.59 Å². The van der Waals surface area contributed by atoms with Crippen molar-refractivity contribution in [3.63, 3.8) is 0 Å². The van der Waals surface area contributed by atoms with Crippen molar-refractivity contribution in [3.8, 4) is 0 Å². The van der Waals surface area contributed by atoms with E-state index < -0.39 is 0 Å². The fraction of sp³-hybridized carbons (Fsp3) is 0.409. The van der Waals surface area contributed by atoms with E-state index in [-0.39, 0.29) is 17.1 Å². The van der Waals surface area contributed by atoms with Crippen LogP contribution in [0.25, 0.3) is 0 Å². The van der Waals surface area contributed by atoms with Gasteiger partial charge in [0.1, 0.15) is 0 Å². The highest BCUT2D eigenvalue weighted by molar-refractivity contribution is 8.00. The third-order valence-electron chi connectivity index (χ3n) is 5.40. The zero-order valence-corrected chi connectivity index (χ0v) is 17.0. The van der Waals surface area contributed by atoms with Crippen molar-refractivity contribution in [1.29, 1.82) is 0 Å². The van der Waals surface area contributed by atoms with Crippen molar-refractivity contribution in [2.45, 2.75) is 42.9 Å². The topological polar surface area (TPSA) is 53.5 Å². The second-order valence-electron chi connectivity index (χ2n) is 7.37. The van der Waals surface area contributed by atoms with Crippen LogP contribution in [0.15, 0.2) is 47.6 Å². The molecule has 0 N–H and O–H groups in total. The van der Waals surface area contributed by atoms with Crippen molar-refractivity contribution in [3.05, 3.63) is 53.7 Å². The fourth-order valence-corrected chi connectivity index (χ4v) is 4.74. The Morgan fingerprint density at radius 2 is 1.82 bits per heavy atom. The van der Waals surface area contributed by atoms with E-state index in [1.807, 2.05) is 47.1 Å². The third-order valence-corrected chi connectivity index (χ3v) is 6.44. The van der Waals surface area contributed by atoms with Crippen LogP contribution >= 0.6 is 11.8 Å². The Morgan fingerprint density at radius 1 is 1.04 bits per heavy atom. The van der Waals surface area contributed by atoms with E-state index in [0.717, 1.165) is 56.0 Å². The smallest absolute Gasteiger partial charge is 0.255 e. The second kappa shape index (κ2) is 8.35. The van der Waals surface area contributed by atoms with Gasteiger partial charge in [-0.25, -0.2) is 4.98 Å². The monoisotopic (exact) mass is 395 g/mol. The molecule has 146 valence electrons. The maximum atomic E-state index is 13.0. The van der Waals surface area contributed by atoms with Crippen molar-refractivity contribution >= 4 is 29.3 Å². The van der Waals surface area contributed by atoms with Crippen molar-refractivity contribution in [2.75, 3.05) is 24.5 Å². The van der Waals surface area contributed by atoms with Crippen LogP contribution in [0.3, 0.4) is 0 Å². The lowest BCUT2D eigenvalue weighted by molar-refractivity contribution is -0.117. The molecule has 2 amide bonds. The molecule has 4 rings (SSSR count). The summed E-state index contributed by atoms with van der Waals surface area (Å²) in [6.45, 7) is 4.35. The molecule has 2 aliphatic rings. The van der Waals surface area contributed by atoms with Gasteiger partial charge in [-0.15, -0.1) is 0 Å². The Morgan fingerprint density at radius 3 is 2.57 bits per heavy atom. The molecule has 0 spiro atoms. The number of amides is 2. The molecule has 1 atom stereocenters. The molecule has 2 aliphatic heterocycles. The number of thioether (sulfide) groups is 1. The first-order chi connectivity index (χ1) is 13.6. The molecular formula is C22H25N3O2S. The van der Waals surface area contributed by atoms with Crippen LogP contribution in [0.1, 0.15) is 42.1 Å². The lowest BCUT2D eigenvalue weighted by atomic mass is 10.0. The molecule has 6 heteroatoms. The Bertz CT molecular complexity index is 862. The van der Waals surface area contributed by atoms with Crippen LogP contribution in [-0.4, -0.2) is 46.6 Å². The number of rotatable bonds is 4. The van der Waals surface area contributed by atoms with Crippen LogP contribution in [-0.2, 0) is 11.2 Å². The molecule has 1 saturated heterocycles. The van der Waals surface area contributed by atoms with Crippen LogP contribution in [0.5, 0.6) is 0 Å². The first kappa shape index (κ1) is 19.0. The summed E-state index contributed by atoms with van der Waals surface area (Å²) in [4.78, 5) is 33.7. The van der Waals surface area contributed by atoms with Gasteiger partial charge in [0.05, 0.1) is 15.8 Å². The highest BCUT2D eigenvalue weighted by Crippen LogP contribution is 2.30. The predicted molar refractivity (Wildman–Crippen MR) is 112 cm³/mol. The van der Waals surface area contributed by atoms with Gasteiger partial charge in [0.25, 0.3) is 5.91 Å². The van der Waals surface area contributed by atoms with Crippen molar-refractivity contribution < 1.29 is 9.59 Å². The summed E-state index contributed by atoms with van der Waals surface area (Å²) >= 11 is 1.45. The second-order valence-corrected chi connectivity index (χ2v) is 8.73. The Kier molecular flexibility index (Phi) is 5.67. The zero-order valence-electron chi connectivity index (χ0n) is 16.1. The number of aryl methyl sites for hydroxylation is 1. The molecule has 0 bridgehead atoms. The lowest BCUT2D eigenvalue weighted by Gasteiger charge is -2.31. The molecule has 0 radical (unpaired) electrons. The number of hydrogen-bond donors (Lipinski definition) is 0. The maximum Gasteiger partial charge on any atom is 0.255 e. The minimum absolute atomic E-state index is 0.0515. The van der Waals surface area contributed by atoms with E-state index in [1.54, 1.807) is 6.20 Å². The molecule has 2 aromatic rings. The van der Waals surface area contributed by atoms with E-state index in [2.05, 4.69) is 11.1 Å². The summed E-state index contributed by atoms with van der Waals surface area (Å²) < 4.78 is 0. The van der Waals surface area contributed by atoms with Crippen LogP contribution < -0.4 is 4.90 Å². The Hall–Kier alpha value is -2.34. The number of aromatic nitrogens is 1. The molecule has 3 heterocycles. The highest BCUT2D eigenvalue weighted by Gasteiger charge is 2.27. The van der Waals surface area contributed by atoms with Crippen molar-refractivity contribution in [1.82, 2.24) is 9.88 Å². The molecule has 0 aliphatic carbocycles. The van der Waals surface area contributed by atoms with Crippen LogP contribution in [0.2, 0.25) is 0 Å². The average Bonchev–Trinajstić information content (AvgIpc) is 3.28. The maximum absolute atomic E-state index is 13.0. The first-order valence-electron chi connectivity index (χ1n) is 9.95. The van der Waals surface area contributed by atoms with E-state index in [4.69, 9.17) is 0 Å². The van der Waals surface area contributed by atoms with Gasteiger partial charge in [-0.05, 0) is 56.4 Å². The Balaban J connectivity index is 1.41. The summed E-state index contributed by atoms with van der Waals surface area (Å²) in [6, 6.07) is 11.8. The van der Waals surface area contributed by atoms with Crippen LogP contribution in [0, 0.1) is 0 Å². The summed E-state index contributed by atoms with van der Waals surface area (Å²) in [7, 11) is 0. The summed E-state index contributed by atoms with van der Waals surface area (Å²) in [5.74, 6) is 0.159. The number of nitrogens with zero attached hydrogens (tertiary/aromatic N) is 3. The highest BCUT2D eigenvalue weighted by atomic mass is 32.2. The molecule has 1 aromatic heterocycles. The number of carbonyl (C=O) groups excluding carboxylic acids is 2. The number of benzene rings is 1. The summed E-state index contributed by atoms with van der Waals surface area (Å²) in [6.07, 6.45) is 5.80. The molecule has 1 unspecified atom stereocenters. The molecule has 28 heavy (non-hydrogen) atoms. The van der Waals surface area contributed by atoms with Gasteiger partial charge in [-0.2, -0.15) is 0 Å². The van der Waals surface area contributed by atoms with E-state index in [0.29, 0.717) is 5.56 Å². The summed E-state index contributed by atoms with van der Waals surface area (Å²) in [5, 5.41) is 0.530. The van der Waals surface area contributed by atoms with Gasteiger partial charge in [0, 0.05) is 31.5 Å². The number of fused-ring (bicyclic) bond motifs is 1. The normalized spacial score (nSPS) is 17.3. The SMILES string of the molecule is CC(Sc1ccc(C(=O)N2CCCC2)cn1)C(=O)N1CCCc2ccccc21. The molecule has 1 fully saturated rings. The van der Waals surface area contributed by atoms with Gasteiger partial charge in [0.15, 0.2) is 0 Å². The number of likely N-dealkylation sites (tertiary alicyclic amines) is 1. The third kappa shape index (κ3) is 3.92. The largest absolute Gasteiger partial charge is 0.339 e. The lowest BCUT2D eigenvalue weighted by Crippen LogP contribution is -2.40. The predicted octanol–water partition coefficient (Wildman–Crippen LogP) is 3.78.